The number of nitrogens with zero attached hydrogens (tertiary/aromatic N) is 2. The Morgan fingerprint density at radius 3 is 2.35 bits per heavy atom. The number of aliphatic carboxylic acids is 1. The lowest BCUT2D eigenvalue weighted by atomic mass is 9.99. The largest absolute Gasteiger partial charge is 0.489 e. The molecule has 1 amide bonds. The van der Waals surface area contributed by atoms with Gasteiger partial charge in [-0.15, -0.1) is 0 Å². The van der Waals surface area contributed by atoms with Crippen molar-refractivity contribution in [3.8, 4) is 16.9 Å². The molecule has 0 saturated heterocycles. The van der Waals surface area contributed by atoms with Gasteiger partial charge in [-0.3, -0.25) is 4.79 Å². The predicted molar refractivity (Wildman–Crippen MR) is 155 cm³/mol. The molecule has 0 aliphatic carbocycles. The van der Waals surface area contributed by atoms with Crippen LogP contribution in [-0.4, -0.2) is 32.4 Å². The first-order valence-electron chi connectivity index (χ1n) is 12.8. The van der Waals surface area contributed by atoms with Crippen LogP contribution in [0.15, 0.2) is 91.1 Å². The predicted octanol–water partition coefficient (Wildman–Crippen LogP) is 6.28. The highest BCUT2D eigenvalue weighted by molar-refractivity contribution is 6.30. The molecule has 1 atom stereocenters. The molecule has 0 aliphatic heterocycles. The molecule has 202 valence electrons. The Morgan fingerprint density at radius 1 is 0.975 bits per heavy atom. The normalized spacial score (nSPS) is 11.8. The summed E-state index contributed by atoms with van der Waals surface area (Å²) in [4.78, 5) is 29.6. The van der Waals surface area contributed by atoms with E-state index in [-0.39, 0.29) is 12.1 Å². The maximum atomic E-state index is 13.1. The number of halogens is 1. The van der Waals surface area contributed by atoms with Gasteiger partial charge in [-0.25, -0.2) is 9.78 Å². The SMILES string of the molecule is Cc1cc2nc(C(=O)NC(Cc3ccc(OCc4ccccc4)cc3)C(=O)O)cn2c(C)c1-c1ccc(Cl)cc1. The smallest absolute Gasteiger partial charge is 0.326 e. The number of fused-ring (bicyclic) bond motifs is 1. The van der Waals surface area contributed by atoms with Crippen molar-refractivity contribution in [2.45, 2.75) is 32.9 Å². The van der Waals surface area contributed by atoms with Gasteiger partial charge < -0.3 is 19.6 Å². The fourth-order valence-corrected chi connectivity index (χ4v) is 4.86. The van der Waals surface area contributed by atoms with E-state index in [1.807, 2.05) is 78.9 Å². The fourth-order valence-electron chi connectivity index (χ4n) is 4.73. The van der Waals surface area contributed by atoms with Crippen LogP contribution in [-0.2, 0) is 17.8 Å². The van der Waals surface area contributed by atoms with Gasteiger partial charge in [-0.1, -0.05) is 66.2 Å². The minimum Gasteiger partial charge on any atom is -0.489 e. The van der Waals surface area contributed by atoms with Gasteiger partial charge in [0.1, 0.15) is 29.7 Å². The van der Waals surface area contributed by atoms with Gasteiger partial charge in [-0.05, 0) is 66.4 Å². The van der Waals surface area contributed by atoms with E-state index in [9.17, 15) is 14.7 Å². The topological polar surface area (TPSA) is 92.9 Å². The molecule has 0 spiro atoms. The average Bonchev–Trinajstić information content (AvgIpc) is 3.38. The summed E-state index contributed by atoms with van der Waals surface area (Å²) in [7, 11) is 0. The maximum absolute atomic E-state index is 13.1. The van der Waals surface area contributed by atoms with Crippen LogP contribution in [0.1, 0.15) is 32.9 Å². The van der Waals surface area contributed by atoms with Crippen LogP contribution in [0.25, 0.3) is 16.8 Å². The number of carbonyl (C=O) groups excluding carboxylic acids is 1. The molecule has 8 heteroatoms. The highest BCUT2D eigenvalue weighted by Crippen LogP contribution is 2.30. The molecule has 3 aromatic carbocycles. The molecular weight excluding hydrogens is 526 g/mol. The van der Waals surface area contributed by atoms with Gasteiger partial charge in [0.05, 0.1) is 0 Å². The molecule has 0 aliphatic rings. The lowest BCUT2D eigenvalue weighted by Crippen LogP contribution is -2.42. The van der Waals surface area contributed by atoms with E-state index < -0.39 is 17.9 Å². The van der Waals surface area contributed by atoms with Crippen molar-refractivity contribution in [1.82, 2.24) is 14.7 Å². The summed E-state index contributed by atoms with van der Waals surface area (Å²) in [6.07, 6.45) is 1.75. The highest BCUT2D eigenvalue weighted by atomic mass is 35.5. The maximum Gasteiger partial charge on any atom is 0.326 e. The number of aromatic nitrogens is 2. The van der Waals surface area contributed by atoms with Crippen molar-refractivity contribution < 1.29 is 19.4 Å². The van der Waals surface area contributed by atoms with Crippen molar-refractivity contribution in [2.75, 3.05) is 0 Å². The van der Waals surface area contributed by atoms with Crippen LogP contribution in [0, 0.1) is 13.8 Å². The van der Waals surface area contributed by atoms with Gasteiger partial charge in [0.25, 0.3) is 5.91 Å². The molecule has 0 saturated carbocycles. The van der Waals surface area contributed by atoms with E-state index >= 15 is 0 Å². The zero-order valence-corrected chi connectivity index (χ0v) is 22.9. The molecule has 0 radical (unpaired) electrons. The molecule has 2 aromatic heterocycles. The van der Waals surface area contributed by atoms with E-state index in [2.05, 4.69) is 10.3 Å². The summed E-state index contributed by atoms with van der Waals surface area (Å²) in [6.45, 7) is 4.39. The Balaban J connectivity index is 1.29. The molecule has 5 aromatic rings. The summed E-state index contributed by atoms with van der Waals surface area (Å²) in [5.41, 5.74) is 6.50. The van der Waals surface area contributed by atoms with Gasteiger partial charge in [-0.2, -0.15) is 0 Å². The van der Waals surface area contributed by atoms with E-state index in [0.717, 1.165) is 33.5 Å². The number of hydrogen-bond donors (Lipinski definition) is 2. The van der Waals surface area contributed by atoms with Crippen molar-refractivity contribution in [2.24, 2.45) is 0 Å². The van der Waals surface area contributed by atoms with E-state index in [0.29, 0.717) is 23.0 Å². The number of carbonyl (C=O) groups is 2. The summed E-state index contributed by atoms with van der Waals surface area (Å²) in [6, 6.07) is 25.4. The standard InChI is InChI=1S/C32H28ClN3O4/c1-20-16-29-34-28(18-36(29)21(2)30(20)24-10-12-25(33)13-11-24)31(37)35-27(32(38)39)17-22-8-14-26(15-9-22)40-19-23-6-4-3-5-7-23/h3-16,18,27H,17,19H2,1-2H3,(H,35,37)(H,38,39). The minimum absolute atomic E-state index is 0.117. The fraction of sp³-hybridized carbons (Fsp3) is 0.156. The number of pyridine rings is 1. The number of nitrogens with one attached hydrogen (secondary N) is 1. The molecule has 40 heavy (non-hydrogen) atoms. The van der Waals surface area contributed by atoms with Gasteiger partial charge in [0, 0.05) is 28.9 Å². The minimum atomic E-state index is -1.13. The van der Waals surface area contributed by atoms with Crippen LogP contribution in [0.4, 0.5) is 0 Å². The second-order valence-electron chi connectivity index (χ2n) is 9.64. The molecule has 0 bridgehead atoms. The molecular formula is C32H28ClN3O4. The molecule has 0 fully saturated rings. The zero-order valence-electron chi connectivity index (χ0n) is 22.1. The van der Waals surface area contributed by atoms with Gasteiger partial charge >= 0.3 is 5.97 Å². The van der Waals surface area contributed by atoms with Crippen LogP contribution < -0.4 is 10.1 Å². The van der Waals surface area contributed by atoms with Crippen molar-refractivity contribution in [1.29, 1.82) is 0 Å². The number of amides is 1. The zero-order chi connectivity index (χ0) is 28.2. The first-order valence-corrected chi connectivity index (χ1v) is 13.2. The Hall–Kier alpha value is -4.62. The number of benzene rings is 3. The average molecular weight is 554 g/mol. The second-order valence-corrected chi connectivity index (χ2v) is 10.1. The third-order valence-electron chi connectivity index (χ3n) is 6.78. The molecule has 7 nitrogen and oxygen atoms in total. The number of imidazole rings is 1. The van der Waals surface area contributed by atoms with Crippen molar-refractivity contribution in [3.63, 3.8) is 0 Å². The first kappa shape index (κ1) is 27.0. The molecule has 2 heterocycles. The Kier molecular flexibility index (Phi) is 7.84. The van der Waals surface area contributed by atoms with Gasteiger partial charge in [0.15, 0.2) is 0 Å². The third-order valence-corrected chi connectivity index (χ3v) is 7.03. The van der Waals surface area contributed by atoms with E-state index in [4.69, 9.17) is 16.3 Å². The van der Waals surface area contributed by atoms with Gasteiger partial charge in [0.2, 0.25) is 0 Å². The van der Waals surface area contributed by atoms with E-state index in [1.54, 1.807) is 30.5 Å². The second kappa shape index (κ2) is 11.6. The monoisotopic (exact) mass is 553 g/mol. The Morgan fingerprint density at radius 2 is 1.68 bits per heavy atom. The van der Waals surface area contributed by atoms with Crippen molar-refractivity contribution in [3.05, 3.63) is 124 Å². The number of carboxylic acid groups (broad SMARTS) is 1. The highest BCUT2D eigenvalue weighted by Gasteiger charge is 2.23. The third kappa shape index (κ3) is 6.00. The van der Waals surface area contributed by atoms with Crippen molar-refractivity contribution >= 4 is 29.1 Å². The Bertz CT molecular complexity index is 1660. The number of hydrogen-bond acceptors (Lipinski definition) is 4. The lowest BCUT2D eigenvalue weighted by molar-refractivity contribution is -0.139. The molecule has 5 rings (SSSR count). The van der Waals surface area contributed by atoms with Crippen LogP contribution in [0.3, 0.4) is 0 Å². The van der Waals surface area contributed by atoms with Crippen LogP contribution >= 0.6 is 11.6 Å². The number of carboxylic acids is 1. The summed E-state index contributed by atoms with van der Waals surface area (Å²) >= 11 is 6.06. The van der Waals surface area contributed by atoms with Crippen LogP contribution in [0.5, 0.6) is 5.75 Å². The number of rotatable bonds is 9. The first-order chi connectivity index (χ1) is 19.3. The number of ether oxygens (including phenoxy) is 1. The molecule has 2 N–H and O–H groups in total. The Labute approximate surface area is 237 Å². The summed E-state index contributed by atoms with van der Waals surface area (Å²) in [5.74, 6) is -1.00. The summed E-state index contributed by atoms with van der Waals surface area (Å²) in [5, 5.41) is 13.1. The summed E-state index contributed by atoms with van der Waals surface area (Å²) < 4.78 is 7.65. The van der Waals surface area contributed by atoms with Crippen LogP contribution in [0.2, 0.25) is 5.02 Å². The number of aryl methyl sites for hydroxylation is 2. The van der Waals surface area contributed by atoms with E-state index in [1.165, 1.54) is 0 Å². The quantitative estimate of drug-likeness (QED) is 0.224. The molecule has 1 unspecified atom stereocenters. The lowest BCUT2D eigenvalue weighted by Gasteiger charge is -2.14.